The van der Waals surface area contributed by atoms with Crippen LogP contribution >= 0.6 is 0 Å². The van der Waals surface area contributed by atoms with Gasteiger partial charge in [-0.3, -0.25) is 0 Å². The summed E-state index contributed by atoms with van der Waals surface area (Å²) < 4.78 is 27.4. The molecule has 2 aromatic carbocycles. The van der Waals surface area contributed by atoms with Gasteiger partial charge >= 0.3 is 0 Å². The lowest BCUT2D eigenvalue weighted by Crippen LogP contribution is -2.24. The van der Waals surface area contributed by atoms with Crippen LogP contribution in [0.4, 0.5) is 0 Å². The van der Waals surface area contributed by atoms with E-state index >= 15 is 0 Å². The molecule has 0 spiro atoms. The van der Waals surface area contributed by atoms with Crippen molar-refractivity contribution in [3.63, 3.8) is 0 Å². The Bertz CT molecular complexity index is 890. The molecule has 2 N–H and O–H groups in total. The first-order valence-corrected chi connectivity index (χ1v) is 9.59. The third-order valence-electron chi connectivity index (χ3n) is 4.00. The molecule has 0 aliphatic carbocycles. The molecule has 0 saturated carbocycles. The molecule has 6 heteroatoms. The molecule has 3 rings (SSSR count). The second kappa shape index (κ2) is 7.59. The van der Waals surface area contributed by atoms with Crippen molar-refractivity contribution in [2.45, 2.75) is 30.6 Å². The van der Waals surface area contributed by atoms with Gasteiger partial charge in [0.25, 0.3) is 0 Å². The quantitative estimate of drug-likeness (QED) is 0.617. The molecule has 0 atom stereocenters. The maximum absolute atomic E-state index is 12.4. The smallest absolute Gasteiger partial charge is 0.240 e. The van der Waals surface area contributed by atoms with Gasteiger partial charge in [-0.2, -0.15) is 0 Å². The Morgan fingerprint density at radius 2 is 1.83 bits per heavy atom. The molecule has 0 radical (unpaired) electrons. The van der Waals surface area contributed by atoms with E-state index in [2.05, 4.69) is 14.7 Å². The summed E-state index contributed by atoms with van der Waals surface area (Å²) in [5.41, 5.74) is 1.12. The molecule has 24 heavy (non-hydrogen) atoms. The van der Waals surface area contributed by atoms with Crippen molar-refractivity contribution in [2.75, 3.05) is 6.54 Å². The summed E-state index contributed by atoms with van der Waals surface area (Å²) in [5.74, 6) is 0. The van der Waals surface area contributed by atoms with Gasteiger partial charge in [-0.1, -0.05) is 36.8 Å². The van der Waals surface area contributed by atoms with Crippen LogP contribution in [0.25, 0.3) is 10.8 Å². The average molecular weight is 343 g/mol. The van der Waals surface area contributed by atoms with E-state index in [9.17, 15) is 8.42 Å². The van der Waals surface area contributed by atoms with E-state index < -0.39 is 10.0 Å². The number of sulfonamides is 1. The average Bonchev–Trinajstić information content (AvgIpc) is 3.11. The lowest BCUT2D eigenvalue weighted by Gasteiger charge is -2.08. The maximum atomic E-state index is 12.4. The predicted molar refractivity (Wildman–Crippen MR) is 95.3 cm³/mol. The molecule has 0 aliphatic heterocycles. The number of H-pyrrole nitrogens is 1. The maximum Gasteiger partial charge on any atom is 0.240 e. The zero-order valence-corrected chi connectivity index (χ0v) is 14.2. The second-order valence-electron chi connectivity index (χ2n) is 5.79. The first kappa shape index (κ1) is 16.7. The van der Waals surface area contributed by atoms with Crippen LogP contribution in [0.1, 0.15) is 25.0 Å². The minimum atomic E-state index is -3.45. The molecule has 5 nitrogen and oxygen atoms in total. The molecule has 0 saturated heterocycles. The normalized spacial score (nSPS) is 11.8. The zero-order valence-electron chi connectivity index (χ0n) is 13.4. The summed E-state index contributed by atoms with van der Waals surface area (Å²) >= 11 is 0. The molecule has 0 unspecified atom stereocenters. The van der Waals surface area contributed by atoms with E-state index in [-0.39, 0.29) is 0 Å². The molecule has 126 valence electrons. The molecule has 0 aliphatic rings. The first-order valence-electron chi connectivity index (χ1n) is 8.11. The number of benzene rings is 2. The van der Waals surface area contributed by atoms with E-state index in [4.69, 9.17) is 0 Å². The minimum absolute atomic E-state index is 0.318. The van der Waals surface area contributed by atoms with E-state index in [1.807, 2.05) is 36.5 Å². The lowest BCUT2D eigenvalue weighted by atomic mass is 10.1. The van der Waals surface area contributed by atoms with Gasteiger partial charge in [-0.05, 0) is 42.2 Å². The second-order valence-corrected chi connectivity index (χ2v) is 7.56. The van der Waals surface area contributed by atoms with Crippen molar-refractivity contribution < 1.29 is 8.42 Å². The van der Waals surface area contributed by atoms with Crippen molar-refractivity contribution in [3.8, 4) is 0 Å². The lowest BCUT2D eigenvalue weighted by molar-refractivity contribution is 0.574. The molecular weight excluding hydrogens is 322 g/mol. The Hall–Kier alpha value is -2.18. The van der Waals surface area contributed by atoms with E-state index in [1.54, 1.807) is 18.5 Å². The number of hydrogen-bond donors (Lipinski definition) is 2. The Morgan fingerprint density at radius 1 is 1.00 bits per heavy atom. The minimum Gasteiger partial charge on any atom is -0.348 e. The number of aryl methyl sites for hydroxylation is 1. The highest BCUT2D eigenvalue weighted by Crippen LogP contribution is 2.18. The summed E-state index contributed by atoms with van der Waals surface area (Å²) in [6.45, 7) is 0.456. The van der Waals surface area contributed by atoms with Crippen LogP contribution < -0.4 is 4.72 Å². The van der Waals surface area contributed by atoms with Crippen LogP contribution in [0.15, 0.2) is 59.9 Å². The summed E-state index contributed by atoms with van der Waals surface area (Å²) in [6.07, 6.45) is 7.24. The van der Waals surface area contributed by atoms with Gasteiger partial charge in [0.1, 0.15) is 0 Å². The standard InChI is InChI=1S/C18H21N3O2S/c22-24(23,18-10-9-15-6-3-4-7-16(15)12-18)21-11-5-1-2-8-17-13-19-14-20-17/h3-4,6-7,9-10,12-14,21H,1-2,5,8,11H2,(H,19,20). The molecule has 1 heterocycles. The third-order valence-corrected chi connectivity index (χ3v) is 5.46. The number of fused-ring (bicyclic) bond motifs is 1. The fourth-order valence-electron chi connectivity index (χ4n) is 2.66. The molecule has 0 bridgehead atoms. The molecule has 3 aromatic rings. The number of imidazole rings is 1. The Balaban J connectivity index is 1.49. The fraction of sp³-hybridized carbons (Fsp3) is 0.278. The van der Waals surface area contributed by atoms with E-state index in [0.717, 1.165) is 42.1 Å². The number of aromatic nitrogens is 2. The van der Waals surface area contributed by atoms with Gasteiger partial charge in [0, 0.05) is 18.4 Å². The van der Waals surface area contributed by atoms with Gasteiger partial charge in [0.2, 0.25) is 10.0 Å². The van der Waals surface area contributed by atoms with Gasteiger partial charge in [-0.15, -0.1) is 0 Å². The summed E-state index contributed by atoms with van der Waals surface area (Å²) in [5, 5.41) is 1.97. The Labute approximate surface area is 142 Å². The van der Waals surface area contributed by atoms with Crippen LogP contribution in [-0.4, -0.2) is 24.9 Å². The highest BCUT2D eigenvalue weighted by Gasteiger charge is 2.13. The number of nitrogens with zero attached hydrogens (tertiary/aromatic N) is 1. The van der Waals surface area contributed by atoms with Crippen molar-refractivity contribution in [3.05, 3.63) is 60.7 Å². The summed E-state index contributed by atoms with van der Waals surface area (Å²) in [7, 11) is -3.45. The van der Waals surface area contributed by atoms with Crippen LogP contribution in [0.5, 0.6) is 0 Å². The summed E-state index contributed by atoms with van der Waals surface area (Å²) in [6, 6.07) is 13.0. The number of unbranched alkanes of at least 4 members (excludes halogenated alkanes) is 2. The molecule has 0 amide bonds. The van der Waals surface area contributed by atoms with Gasteiger partial charge in [-0.25, -0.2) is 18.1 Å². The highest BCUT2D eigenvalue weighted by atomic mass is 32.2. The number of aromatic amines is 1. The SMILES string of the molecule is O=S(=O)(NCCCCCc1cnc[nH]1)c1ccc2ccccc2c1. The number of nitrogens with one attached hydrogen (secondary N) is 2. The van der Waals surface area contributed by atoms with Crippen molar-refractivity contribution in [2.24, 2.45) is 0 Å². The molecule has 0 fully saturated rings. The predicted octanol–water partition coefficient (Wildman–Crippen LogP) is 3.25. The Morgan fingerprint density at radius 3 is 2.62 bits per heavy atom. The van der Waals surface area contributed by atoms with Crippen LogP contribution in [-0.2, 0) is 16.4 Å². The zero-order chi connectivity index (χ0) is 16.8. The van der Waals surface area contributed by atoms with Crippen LogP contribution in [0.2, 0.25) is 0 Å². The summed E-state index contributed by atoms with van der Waals surface area (Å²) in [4.78, 5) is 7.36. The van der Waals surface area contributed by atoms with E-state index in [1.165, 1.54) is 0 Å². The number of hydrogen-bond acceptors (Lipinski definition) is 3. The van der Waals surface area contributed by atoms with Crippen molar-refractivity contribution in [1.82, 2.24) is 14.7 Å². The van der Waals surface area contributed by atoms with Crippen molar-refractivity contribution >= 4 is 20.8 Å². The highest BCUT2D eigenvalue weighted by molar-refractivity contribution is 7.89. The van der Waals surface area contributed by atoms with Crippen molar-refractivity contribution in [1.29, 1.82) is 0 Å². The van der Waals surface area contributed by atoms with Crippen LogP contribution in [0, 0.1) is 0 Å². The number of rotatable bonds is 8. The molecule has 1 aromatic heterocycles. The first-order chi connectivity index (χ1) is 11.6. The monoisotopic (exact) mass is 343 g/mol. The fourth-order valence-corrected chi connectivity index (χ4v) is 3.77. The topological polar surface area (TPSA) is 74.8 Å². The van der Waals surface area contributed by atoms with Gasteiger partial charge < -0.3 is 4.98 Å². The van der Waals surface area contributed by atoms with Crippen LogP contribution in [0.3, 0.4) is 0 Å². The Kier molecular flexibility index (Phi) is 5.27. The largest absolute Gasteiger partial charge is 0.348 e. The van der Waals surface area contributed by atoms with E-state index in [0.29, 0.717) is 11.4 Å². The third kappa shape index (κ3) is 4.21. The van der Waals surface area contributed by atoms with Gasteiger partial charge in [0.05, 0.1) is 11.2 Å². The van der Waals surface area contributed by atoms with Gasteiger partial charge in [0.15, 0.2) is 0 Å². The molecular formula is C18H21N3O2S.